The van der Waals surface area contributed by atoms with Crippen LogP contribution in [0.25, 0.3) is 11.3 Å². The van der Waals surface area contributed by atoms with Crippen molar-refractivity contribution in [3.05, 3.63) is 64.6 Å². The number of hydrogen-bond donors (Lipinski definition) is 1. The monoisotopic (exact) mass is 476 g/mol. The topological polar surface area (TPSA) is 85.4 Å². The maximum absolute atomic E-state index is 12.7. The van der Waals surface area contributed by atoms with Crippen molar-refractivity contribution in [1.29, 1.82) is 0 Å². The van der Waals surface area contributed by atoms with Crippen molar-refractivity contribution in [1.82, 2.24) is 25.0 Å². The summed E-state index contributed by atoms with van der Waals surface area (Å²) in [7, 11) is 1.84. The van der Waals surface area contributed by atoms with E-state index in [-0.39, 0.29) is 17.2 Å². The summed E-state index contributed by atoms with van der Waals surface area (Å²) in [6.45, 7) is 4.10. The SMILES string of the molecule is CN1C(=O)CCc2cccc(-c3n[nH]cc3CN3CC4(C3)CN(C(=O)c3ncccc3Cl)C4)c21. The molecular formula is C25H25ClN6O2. The first-order valence-corrected chi connectivity index (χ1v) is 11.9. The van der Waals surface area contributed by atoms with Crippen LogP contribution in [0, 0.1) is 5.41 Å². The van der Waals surface area contributed by atoms with Crippen molar-refractivity contribution in [2.45, 2.75) is 19.4 Å². The molecule has 0 aliphatic carbocycles. The lowest BCUT2D eigenvalue weighted by molar-refractivity contribution is -0.118. The molecule has 3 aliphatic rings. The number of para-hydroxylation sites is 1. The third-order valence-corrected chi connectivity index (χ3v) is 7.53. The molecule has 3 aliphatic heterocycles. The molecular weight excluding hydrogens is 452 g/mol. The van der Waals surface area contributed by atoms with E-state index in [0.29, 0.717) is 17.1 Å². The van der Waals surface area contributed by atoms with Gasteiger partial charge in [-0.1, -0.05) is 29.8 Å². The highest BCUT2D eigenvalue weighted by Crippen LogP contribution is 2.42. The molecule has 2 saturated heterocycles. The Kier molecular flexibility index (Phi) is 4.97. The lowest BCUT2D eigenvalue weighted by Gasteiger charge is -2.60. The van der Waals surface area contributed by atoms with Crippen LogP contribution in [0.3, 0.4) is 0 Å². The molecule has 5 heterocycles. The normalized spacial score (nSPS) is 19.1. The average molecular weight is 477 g/mol. The number of carbonyl (C=O) groups excluding carboxylic acids is 2. The van der Waals surface area contributed by atoms with Crippen molar-refractivity contribution in [2.24, 2.45) is 5.41 Å². The smallest absolute Gasteiger partial charge is 0.274 e. The number of aromatic nitrogens is 3. The van der Waals surface area contributed by atoms with Gasteiger partial charge in [-0.15, -0.1) is 0 Å². The van der Waals surface area contributed by atoms with E-state index in [1.54, 1.807) is 23.2 Å². The molecule has 2 aromatic heterocycles. The number of hydrogen-bond acceptors (Lipinski definition) is 5. The summed E-state index contributed by atoms with van der Waals surface area (Å²) in [5.41, 5.74) is 5.63. The molecule has 0 radical (unpaired) electrons. The first-order chi connectivity index (χ1) is 16.4. The number of nitrogens with one attached hydrogen (secondary N) is 1. The lowest BCUT2D eigenvalue weighted by Crippen LogP contribution is -2.72. The zero-order valence-electron chi connectivity index (χ0n) is 18.9. The number of amides is 2. The molecule has 0 unspecified atom stereocenters. The van der Waals surface area contributed by atoms with E-state index < -0.39 is 0 Å². The molecule has 3 aromatic rings. The molecule has 1 N–H and O–H groups in total. The minimum Gasteiger partial charge on any atom is -0.336 e. The highest BCUT2D eigenvalue weighted by molar-refractivity contribution is 6.33. The van der Waals surface area contributed by atoms with Gasteiger partial charge in [0.25, 0.3) is 5.91 Å². The predicted molar refractivity (Wildman–Crippen MR) is 129 cm³/mol. The number of halogens is 1. The molecule has 9 heteroatoms. The summed E-state index contributed by atoms with van der Waals surface area (Å²) in [6.07, 6.45) is 4.85. The number of fused-ring (bicyclic) bond motifs is 1. The molecule has 34 heavy (non-hydrogen) atoms. The zero-order chi connectivity index (χ0) is 23.4. The van der Waals surface area contributed by atoms with Gasteiger partial charge < -0.3 is 9.80 Å². The Balaban J connectivity index is 1.13. The van der Waals surface area contributed by atoms with Gasteiger partial charge in [0.1, 0.15) is 5.69 Å². The first kappa shape index (κ1) is 21.3. The molecule has 1 spiro atoms. The zero-order valence-corrected chi connectivity index (χ0v) is 19.7. The largest absolute Gasteiger partial charge is 0.336 e. The molecule has 2 fully saturated rings. The van der Waals surface area contributed by atoms with Crippen LogP contribution in [0.5, 0.6) is 0 Å². The van der Waals surface area contributed by atoms with Gasteiger partial charge >= 0.3 is 0 Å². The van der Waals surface area contributed by atoms with Crippen LogP contribution < -0.4 is 4.90 Å². The molecule has 174 valence electrons. The number of aryl methyl sites for hydroxylation is 1. The Morgan fingerprint density at radius 1 is 1.15 bits per heavy atom. The second-order valence-corrected chi connectivity index (χ2v) is 10.1. The summed E-state index contributed by atoms with van der Waals surface area (Å²) in [6, 6.07) is 9.61. The van der Waals surface area contributed by atoms with Crippen LogP contribution in [0.2, 0.25) is 5.02 Å². The second-order valence-electron chi connectivity index (χ2n) is 9.67. The lowest BCUT2D eigenvalue weighted by atomic mass is 9.72. The third kappa shape index (κ3) is 3.40. The van der Waals surface area contributed by atoms with E-state index in [4.69, 9.17) is 11.6 Å². The van der Waals surface area contributed by atoms with Crippen LogP contribution in [0.1, 0.15) is 28.0 Å². The number of carbonyl (C=O) groups is 2. The summed E-state index contributed by atoms with van der Waals surface area (Å²) in [5, 5.41) is 7.97. The van der Waals surface area contributed by atoms with Crippen LogP contribution in [0.15, 0.2) is 42.7 Å². The number of anilines is 1. The number of H-pyrrole nitrogens is 1. The first-order valence-electron chi connectivity index (χ1n) is 11.5. The van der Waals surface area contributed by atoms with Crippen LogP contribution in [-0.2, 0) is 17.8 Å². The van der Waals surface area contributed by atoms with Crippen molar-refractivity contribution in [2.75, 3.05) is 38.1 Å². The average Bonchev–Trinajstić information content (AvgIpc) is 3.24. The van der Waals surface area contributed by atoms with E-state index >= 15 is 0 Å². The maximum atomic E-state index is 12.7. The number of pyridine rings is 1. The summed E-state index contributed by atoms with van der Waals surface area (Å²) >= 11 is 6.14. The van der Waals surface area contributed by atoms with E-state index in [2.05, 4.69) is 26.1 Å². The van der Waals surface area contributed by atoms with Crippen molar-refractivity contribution in [3.8, 4) is 11.3 Å². The van der Waals surface area contributed by atoms with Gasteiger partial charge in [-0.3, -0.25) is 19.6 Å². The van der Waals surface area contributed by atoms with Gasteiger partial charge in [0.15, 0.2) is 0 Å². The number of likely N-dealkylation sites (tertiary alicyclic amines) is 2. The predicted octanol–water partition coefficient (Wildman–Crippen LogP) is 2.99. The van der Waals surface area contributed by atoms with E-state index in [1.165, 1.54) is 5.56 Å². The Bertz CT molecular complexity index is 1290. The van der Waals surface area contributed by atoms with Gasteiger partial charge in [0.2, 0.25) is 5.91 Å². The van der Waals surface area contributed by atoms with E-state index in [1.807, 2.05) is 30.3 Å². The van der Waals surface area contributed by atoms with Crippen LogP contribution in [-0.4, -0.2) is 70.0 Å². The Morgan fingerprint density at radius 3 is 2.76 bits per heavy atom. The molecule has 2 amide bonds. The fourth-order valence-corrected chi connectivity index (χ4v) is 5.84. The number of benzene rings is 1. The molecule has 0 bridgehead atoms. The van der Waals surface area contributed by atoms with Gasteiger partial charge in [0.05, 0.1) is 16.4 Å². The fraction of sp³-hybridized carbons (Fsp3) is 0.360. The summed E-state index contributed by atoms with van der Waals surface area (Å²) in [5.74, 6) is 0.0390. The molecule has 8 nitrogen and oxygen atoms in total. The molecule has 6 rings (SSSR count). The van der Waals surface area contributed by atoms with Crippen LogP contribution in [0.4, 0.5) is 5.69 Å². The van der Waals surface area contributed by atoms with Crippen molar-refractivity contribution >= 4 is 29.1 Å². The Morgan fingerprint density at radius 2 is 1.97 bits per heavy atom. The summed E-state index contributed by atoms with van der Waals surface area (Å²) < 4.78 is 0. The Labute approximate surface area is 202 Å². The Hall–Kier alpha value is -3.23. The molecule has 0 atom stereocenters. The number of aromatic amines is 1. The van der Waals surface area contributed by atoms with E-state index in [0.717, 1.165) is 61.7 Å². The van der Waals surface area contributed by atoms with Gasteiger partial charge in [-0.25, -0.2) is 4.98 Å². The highest BCUT2D eigenvalue weighted by atomic mass is 35.5. The highest BCUT2D eigenvalue weighted by Gasteiger charge is 2.53. The maximum Gasteiger partial charge on any atom is 0.274 e. The van der Waals surface area contributed by atoms with Gasteiger partial charge in [-0.05, 0) is 24.1 Å². The van der Waals surface area contributed by atoms with Crippen LogP contribution >= 0.6 is 11.6 Å². The summed E-state index contributed by atoms with van der Waals surface area (Å²) in [4.78, 5) is 35.2. The van der Waals surface area contributed by atoms with E-state index in [9.17, 15) is 9.59 Å². The third-order valence-electron chi connectivity index (χ3n) is 7.22. The van der Waals surface area contributed by atoms with Crippen molar-refractivity contribution < 1.29 is 9.59 Å². The standard InChI is InChI=1S/C25H25ClN6O2/c1-30-20(33)8-7-16-4-2-5-18(23(16)30)21-17(10-28-29-21)11-31-12-25(13-31)14-32(15-25)24(34)22-19(26)6-3-9-27-22/h2-6,9-10H,7-8,11-15H2,1H3,(H,28,29). The number of rotatable bonds is 4. The number of nitrogens with zero attached hydrogens (tertiary/aromatic N) is 5. The fourth-order valence-electron chi connectivity index (χ4n) is 5.64. The van der Waals surface area contributed by atoms with Crippen molar-refractivity contribution in [3.63, 3.8) is 0 Å². The molecule has 1 aromatic carbocycles. The van der Waals surface area contributed by atoms with Gasteiger partial charge in [0, 0.05) is 75.1 Å². The molecule has 0 saturated carbocycles. The minimum absolute atomic E-state index is 0.0979. The quantitative estimate of drug-likeness (QED) is 0.625. The minimum atomic E-state index is -0.0979. The second kappa shape index (κ2) is 7.92. The van der Waals surface area contributed by atoms with Gasteiger partial charge in [-0.2, -0.15) is 5.10 Å².